The van der Waals surface area contributed by atoms with E-state index in [-0.39, 0.29) is 12.3 Å². The molecule has 1 amide bonds. The number of ether oxygens (including phenoxy) is 1. The molecule has 2 rings (SSSR count). The van der Waals surface area contributed by atoms with Gasteiger partial charge < -0.3 is 10.1 Å². The largest absolute Gasteiger partial charge is 0.490 e. The summed E-state index contributed by atoms with van der Waals surface area (Å²) in [6, 6.07) is 9.13. The Kier molecular flexibility index (Phi) is 4.19. The summed E-state index contributed by atoms with van der Waals surface area (Å²) in [5.74, 6) is 0.479. The highest BCUT2D eigenvalue weighted by atomic mass is 16.5. The molecule has 4 nitrogen and oxygen atoms in total. The average molecular weight is 244 g/mol. The fourth-order valence-corrected chi connectivity index (χ4v) is 2.12. The summed E-state index contributed by atoms with van der Waals surface area (Å²) in [6.07, 6.45) is 4.83. The van der Waals surface area contributed by atoms with Gasteiger partial charge in [0.05, 0.1) is 12.2 Å². The van der Waals surface area contributed by atoms with Crippen LogP contribution >= 0.6 is 0 Å². The molecular weight excluding hydrogens is 228 g/mol. The molecule has 1 fully saturated rings. The topological polar surface area (TPSA) is 62.1 Å². The molecule has 1 aliphatic carbocycles. The number of carbonyl (C=O) groups excluding carboxylic acids is 1. The van der Waals surface area contributed by atoms with Crippen LogP contribution in [-0.2, 0) is 4.79 Å². The Morgan fingerprint density at radius 1 is 1.44 bits per heavy atom. The van der Waals surface area contributed by atoms with Crippen LogP contribution in [0.5, 0.6) is 5.75 Å². The second-order valence-corrected chi connectivity index (χ2v) is 4.44. The van der Waals surface area contributed by atoms with E-state index in [4.69, 9.17) is 10.00 Å². The van der Waals surface area contributed by atoms with Crippen molar-refractivity contribution in [1.29, 1.82) is 5.26 Å². The van der Waals surface area contributed by atoms with Gasteiger partial charge in [0.1, 0.15) is 12.2 Å². The molecule has 1 aliphatic rings. The molecule has 0 saturated heterocycles. The Balaban J connectivity index is 1.96. The number of nitriles is 1. The summed E-state index contributed by atoms with van der Waals surface area (Å²) in [5, 5.41) is 11.1. The number of amides is 1. The van der Waals surface area contributed by atoms with Gasteiger partial charge in [-0.25, -0.2) is 0 Å². The van der Waals surface area contributed by atoms with Gasteiger partial charge in [-0.05, 0) is 37.8 Å². The fraction of sp³-hybridized carbons (Fsp3) is 0.429. The second-order valence-electron chi connectivity index (χ2n) is 4.44. The first-order chi connectivity index (χ1) is 8.78. The normalized spacial score (nSPS) is 15.1. The van der Waals surface area contributed by atoms with Gasteiger partial charge in [0.15, 0.2) is 0 Å². The minimum Gasteiger partial charge on any atom is -0.490 e. The van der Waals surface area contributed by atoms with Gasteiger partial charge in [-0.15, -0.1) is 0 Å². The molecule has 0 aliphatic heterocycles. The van der Waals surface area contributed by atoms with E-state index in [0.717, 1.165) is 18.6 Å². The summed E-state index contributed by atoms with van der Waals surface area (Å²) in [5.41, 5.74) is 0.672. The third-order valence-electron chi connectivity index (χ3n) is 2.96. The standard InChI is InChI=1S/C14H16N2O2/c15-9-8-14(17)16-11-4-3-7-13(10-11)18-12-5-1-2-6-12/h3-4,7,10,12H,1-2,5-6,8H2,(H,16,17). The van der Waals surface area contributed by atoms with E-state index in [1.807, 2.05) is 18.2 Å². The Bertz CT molecular complexity index is 459. The van der Waals surface area contributed by atoms with Crippen LogP contribution in [0.1, 0.15) is 32.1 Å². The summed E-state index contributed by atoms with van der Waals surface area (Å²) in [7, 11) is 0. The van der Waals surface area contributed by atoms with Crippen LogP contribution in [0.3, 0.4) is 0 Å². The smallest absolute Gasteiger partial charge is 0.238 e. The molecule has 18 heavy (non-hydrogen) atoms. The van der Waals surface area contributed by atoms with Crippen molar-refractivity contribution in [3.05, 3.63) is 24.3 Å². The molecule has 1 aromatic rings. The Morgan fingerprint density at radius 2 is 2.22 bits per heavy atom. The maximum atomic E-state index is 11.3. The first-order valence-electron chi connectivity index (χ1n) is 6.21. The molecule has 0 unspecified atom stereocenters. The van der Waals surface area contributed by atoms with Gasteiger partial charge >= 0.3 is 0 Å². The minimum absolute atomic E-state index is 0.131. The zero-order valence-electron chi connectivity index (χ0n) is 10.2. The van der Waals surface area contributed by atoms with E-state index in [2.05, 4.69) is 5.32 Å². The molecule has 4 heteroatoms. The van der Waals surface area contributed by atoms with E-state index in [9.17, 15) is 4.79 Å². The molecule has 0 spiro atoms. The quantitative estimate of drug-likeness (QED) is 0.885. The molecule has 0 heterocycles. The zero-order chi connectivity index (χ0) is 12.8. The van der Waals surface area contributed by atoms with E-state index in [0.29, 0.717) is 11.8 Å². The Morgan fingerprint density at radius 3 is 2.94 bits per heavy atom. The van der Waals surface area contributed by atoms with Gasteiger partial charge in [0.2, 0.25) is 5.91 Å². The number of hydrogen-bond donors (Lipinski definition) is 1. The number of rotatable bonds is 4. The summed E-state index contributed by atoms with van der Waals surface area (Å²) < 4.78 is 5.84. The first-order valence-corrected chi connectivity index (χ1v) is 6.21. The number of nitrogens with one attached hydrogen (secondary N) is 1. The van der Waals surface area contributed by atoms with Gasteiger partial charge in [0.25, 0.3) is 0 Å². The highest BCUT2D eigenvalue weighted by molar-refractivity contribution is 5.92. The zero-order valence-corrected chi connectivity index (χ0v) is 10.2. The summed E-state index contributed by atoms with van der Waals surface area (Å²) in [4.78, 5) is 11.3. The van der Waals surface area contributed by atoms with E-state index < -0.39 is 0 Å². The first kappa shape index (κ1) is 12.4. The molecule has 94 valence electrons. The molecule has 1 aromatic carbocycles. The molecular formula is C14H16N2O2. The van der Waals surface area contributed by atoms with Crippen molar-refractivity contribution in [3.8, 4) is 11.8 Å². The fourth-order valence-electron chi connectivity index (χ4n) is 2.12. The van der Waals surface area contributed by atoms with Crippen LogP contribution in [0.15, 0.2) is 24.3 Å². The maximum absolute atomic E-state index is 11.3. The maximum Gasteiger partial charge on any atom is 0.238 e. The second kappa shape index (κ2) is 6.06. The number of hydrogen-bond acceptors (Lipinski definition) is 3. The lowest BCUT2D eigenvalue weighted by atomic mass is 10.2. The highest BCUT2D eigenvalue weighted by Crippen LogP contribution is 2.25. The van der Waals surface area contributed by atoms with Gasteiger partial charge in [-0.1, -0.05) is 6.07 Å². The van der Waals surface area contributed by atoms with Crippen molar-refractivity contribution in [2.24, 2.45) is 0 Å². The van der Waals surface area contributed by atoms with Crippen molar-refractivity contribution >= 4 is 11.6 Å². The summed E-state index contributed by atoms with van der Waals surface area (Å²) >= 11 is 0. The molecule has 1 N–H and O–H groups in total. The van der Waals surface area contributed by atoms with Crippen LogP contribution in [0.2, 0.25) is 0 Å². The van der Waals surface area contributed by atoms with Gasteiger partial charge in [0, 0.05) is 11.8 Å². The Hall–Kier alpha value is -2.02. The highest BCUT2D eigenvalue weighted by Gasteiger charge is 2.16. The number of nitrogens with zero attached hydrogens (tertiary/aromatic N) is 1. The monoisotopic (exact) mass is 244 g/mol. The van der Waals surface area contributed by atoms with Crippen molar-refractivity contribution in [1.82, 2.24) is 0 Å². The predicted octanol–water partition coefficient (Wildman–Crippen LogP) is 2.86. The molecule has 0 radical (unpaired) electrons. The lowest BCUT2D eigenvalue weighted by molar-refractivity contribution is -0.115. The average Bonchev–Trinajstić information content (AvgIpc) is 2.82. The van der Waals surface area contributed by atoms with Crippen LogP contribution in [-0.4, -0.2) is 12.0 Å². The molecule has 0 bridgehead atoms. The molecule has 0 atom stereocenters. The van der Waals surface area contributed by atoms with Crippen LogP contribution in [0, 0.1) is 11.3 Å². The predicted molar refractivity (Wildman–Crippen MR) is 68.2 cm³/mol. The third-order valence-corrected chi connectivity index (χ3v) is 2.96. The number of carbonyl (C=O) groups is 1. The summed E-state index contributed by atoms with van der Waals surface area (Å²) in [6.45, 7) is 0. The van der Waals surface area contributed by atoms with Crippen molar-refractivity contribution < 1.29 is 9.53 Å². The van der Waals surface area contributed by atoms with Crippen LogP contribution in [0.25, 0.3) is 0 Å². The SMILES string of the molecule is N#CCC(=O)Nc1cccc(OC2CCCC2)c1. The molecule has 0 aromatic heterocycles. The van der Waals surface area contributed by atoms with Crippen molar-refractivity contribution in [2.45, 2.75) is 38.2 Å². The lowest BCUT2D eigenvalue weighted by Crippen LogP contribution is -2.12. The van der Waals surface area contributed by atoms with Crippen molar-refractivity contribution in [3.63, 3.8) is 0 Å². The molecule has 1 saturated carbocycles. The minimum atomic E-state index is -0.296. The van der Waals surface area contributed by atoms with E-state index >= 15 is 0 Å². The number of benzene rings is 1. The van der Waals surface area contributed by atoms with Gasteiger partial charge in [-0.3, -0.25) is 4.79 Å². The van der Waals surface area contributed by atoms with Crippen LogP contribution < -0.4 is 10.1 Å². The van der Waals surface area contributed by atoms with E-state index in [1.54, 1.807) is 12.1 Å². The van der Waals surface area contributed by atoms with Crippen molar-refractivity contribution in [2.75, 3.05) is 5.32 Å². The lowest BCUT2D eigenvalue weighted by Gasteiger charge is -2.13. The van der Waals surface area contributed by atoms with Crippen LogP contribution in [0.4, 0.5) is 5.69 Å². The third kappa shape index (κ3) is 3.49. The Labute approximate surface area is 107 Å². The van der Waals surface area contributed by atoms with Gasteiger partial charge in [-0.2, -0.15) is 5.26 Å². The number of anilines is 1. The van der Waals surface area contributed by atoms with E-state index in [1.165, 1.54) is 12.8 Å².